The van der Waals surface area contributed by atoms with Crippen molar-refractivity contribution in [3.05, 3.63) is 305 Å². The molecule has 0 bridgehead atoms. The molecule has 0 aliphatic heterocycles. The molecule has 0 aliphatic rings. The normalized spacial score (nSPS) is 13.2. The number of ether oxygens (including phenoxy) is 3. The zero-order valence-corrected chi connectivity index (χ0v) is 36.2. The highest BCUT2D eigenvalue weighted by Gasteiger charge is 2.43. The summed E-state index contributed by atoms with van der Waals surface area (Å²) in [4.78, 5) is 5.19. The van der Waals surface area contributed by atoms with Crippen LogP contribution in [0.2, 0.25) is 0 Å². The first-order chi connectivity index (χ1) is 32.2. The first-order valence-electron chi connectivity index (χ1n) is 22.2. The highest BCUT2D eigenvalue weighted by Crippen LogP contribution is 2.43. The first kappa shape index (κ1) is 43.1. The molecule has 1 N–H and O–H groups in total. The predicted octanol–water partition coefficient (Wildman–Crippen LogP) is 11.9. The minimum Gasteiger partial charge on any atom is -0.388 e. The van der Waals surface area contributed by atoms with Crippen LogP contribution < -0.4 is 0 Å². The van der Waals surface area contributed by atoms with Crippen LogP contribution in [-0.4, -0.2) is 33.5 Å². The molecular formula is C59H52N2O4. The molecule has 0 radical (unpaired) electrons. The Kier molecular flexibility index (Phi) is 13.6. The molecule has 1 aromatic heterocycles. The Morgan fingerprint density at radius 2 is 0.769 bits per heavy atom. The van der Waals surface area contributed by atoms with Gasteiger partial charge in [-0.15, -0.1) is 0 Å². The third-order valence-electron chi connectivity index (χ3n) is 12.1. The number of aliphatic hydroxyl groups is 1. The van der Waals surface area contributed by atoms with Gasteiger partial charge in [0, 0.05) is 6.20 Å². The van der Waals surface area contributed by atoms with Crippen molar-refractivity contribution >= 4 is 0 Å². The maximum Gasteiger partial charge on any atom is 0.143 e. The third kappa shape index (κ3) is 9.25. The van der Waals surface area contributed by atoms with Crippen molar-refractivity contribution in [1.29, 1.82) is 0 Å². The average molecular weight is 853 g/mol. The lowest BCUT2D eigenvalue weighted by Crippen LogP contribution is -2.43. The summed E-state index contributed by atoms with van der Waals surface area (Å²) in [6.07, 6.45) is 0.948. The summed E-state index contributed by atoms with van der Waals surface area (Å²) in [6.45, 7) is 0.365. The Hall–Kier alpha value is -7.19. The number of benzene rings is 8. The van der Waals surface area contributed by atoms with Crippen LogP contribution >= 0.6 is 0 Å². The minimum absolute atomic E-state index is 0.105. The molecule has 9 rings (SSSR count). The van der Waals surface area contributed by atoms with E-state index in [0.717, 1.165) is 44.5 Å². The molecule has 322 valence electrons. The van der Waals surface area contributed by atoms with Gasteiger partial charge in [0.25, 0.3) is 0 Å². The van der Waals surface area contributed by atoms with E-state index in [0.29, 0.717) is 5.69 Å². The van der Waals surface area contributed by atoms with Gasteiger partial charge >= 0.3 is 0 Å². The Morgan fingerprint density at radius 3 is 1.15 bits per heavy atom. The van der Waals surface area contributed by atoms with Gasteiger partial charge in [0.1, 0.15) is 29.5 Å². The van der Waals surface area contributed by atoms with Gasteiger partial charge in [0.2, 0.25) is 0 Å². The standard InChI is InChI=1S/C59H52N2O4/c62-55(44-65-59(51-35-19-6-20-36-51,52-37-21-7-22-38-52)53-39-23-8-24-40-53)57(64-43-47-27-11-2-12-28-47)56(63-42-46-25-9-1-10-26-46)54-41-61(45-60-54)58(48-29-13-3-14-30-48,49-31-15-4-16-32-49)50-33-17-5-18-34-50/h1-41,45,55-57,62H,42-44H2/t55-,56+,57+/m0/s1. The van der Waals surface area contributed by atoms with Gasteiger partial charge in [-0.05, 0) is 44.5 Å². The number of hydrogen-bond donors (Lipinski definition) is 1. The molecule has 3 atom stereocenters. The van der Waals surface area contributed by atoms with Crippen molar-refractivity contribution < 1.29 is 19.3 Å². The van der Waals surface area contributed by atoms with E-state index in [1.165, 1.54) is 0 Å². The van der Waals surface area contributed by atoms with E-state index in [-0.39, 0.29) is 19.8 Å². The fourth-order valence-corrected chi connectivity index (χ4v) is 9.00. The van der Waals surface area contributed by atoms with E-state index in [1.807, 2.05) is 140 Å². The Morgan fingerprint density at radius 1 is 0.431 bits per heavy atom. The molecule has 0 unspecified atom stereocenters. The van der Waals surface area contributed by atoms with Crippen LogP contribution in [0.25, 0.3) is 0 Å². The number of rotatable bonds is 19. The molecule has 65 heavy (non-hydrogen) atoms. The molecule has 0 aliphatic carbocycles. The summed E-state index contributed by atoms with van der Waals surface area (Å²) in [6, 6.07) is 82.2. The van der Waals surface area contributed by atoms with Crippen LogP contribution in [0.4, 0.5) is 0 Å². The van der Waals surface area contributed by atoms with E-state index in [4.69, 9.17) is 19.2 Å². The van der Waals surface area contributed by atoms with Gasteiger partial charge in [-0.25, -0.2) is 4.98 Å². The zero-order valence-electron chi connectivity index (χ0n) is 36.2. The third-order valence-corrected chi connectivity index (χ3v) is 12.1. The number of hydrogen-bond acceptors (Lipinski definition) is 5. The second-order valence-corrected chi connectivity index (χ2v) is 16.2. The van der Waals surface area contributed by atoms with Crippen molar-refractivity contribution in [2.45, 2.75) is 42.7 Å². The van der Waals surface area contributed by atoms with Gasteiger partial charge in [-0.2, -0.15) is 0 Å². The molecule has 6 heteroatoms. The second kappa shape index (κ2) is 20.5. The van der Waals surface area contributed by atoms with Crippen molar-refractivity contribution in [2.75, 3.05) is 6.61 Å². The molecule has 0 amide bonds. The highest BCUT2D eigenvalue weighted by atomic mass is 16.6. The van der Waals surface area contributed by atoms with Gasteiger partial charge in [-0.3, -0.25) is 0 Å². The van der Waals surface area contributed by atoms with Gasteiger partial charge in [0.15, 0.2) is 0 Å². The van der Waals surface area contributed by atoms with Crippen LogP contribution in [0, 0.1) is 0 Å². The van der Waals surface area contributed by atoms with Crippen molar-refractivity contribution in [2.24, 2.45) is 0 Å². The van der Waals surface area contributed by atoms with E-state index < -0.39 is 29.5 Å². The summed E-state index contributed by atoms with van der Waals surface area (Å²) < 4.78 is 23.3. The highest BCUT2D eigenvalue weighted by molar-refractivity contribution is 5.51. The molecular weight excluding hydrogens is 801 g/mol. The van der Waals surface area contributed by atoms with Crippen molar-refractivity contribution in [1.82, 2.24) is 9.55 Å². The maximum absolute atomic E-state index is 12.9. The summed E-state index contributed by atoms with van der Waals surface area (Å²) in [7, 11) is 0. The largest absolute Gasteiger partial charge is 0.388 e. The van der Waals surface area contributed by atoms with Gasteiger partial charge < -0.3 is 23.9 Å². The van der Waals surface area contributed by atoms with Crippen LogP contribution in [0.5, 0.6) is 0 Å². The van der Waals surface area contributed by atoms with Crippen molar-refractivity contribution in [3.8, 4) is 0 Å². The molecule has 0 fully saturated rings. The lowest BCUT2D eigenvalue weighted by Gasteiger charge is -2.38. The van der Waals surface area contributed by atoms with Crippen LogP contribution in [0.3, 0.4) is 0 Å². The van der Waals surface area contributed by atoms with Crippen molar-refractivity contribution in [3.63, 3.8) is 0 Å². The topological polar surface area (TPSA) is 65.7 Å². The lowest BCUT2D eigenvalue weighted by molar-refractivity contribution is -0.159. The molecule has 0 saturated carbocycles. The number of nitrogens with zero attached hydrogens (tertiary/aromatic N) is 2. The van der Waals surface area contributed by atoms with Crippen LogP contribution in [0.15, 0.2) is 255 Å². The Balaban J connectivity index is 1.17. The Bertz CT molecular complexity index is 2580. The molecule has 9 aromatic rings. The predicted molar refractivity (Wildman–Crippen MR) is 257 cm³/mol. The summed E-state index contributed by atoms with van der Waals surface area (Å²) in [5.74, 6) is 0. The SMILES string of the molecule is O[C@@H](COC(c1ccccc1)(c1ccccc1)c1ccccc1)[C@@H](OCc1ccccc1)[C@H](OCc1ccccc1)c1cn(C(c2ccccc2)(c2ccccc2)c2ccccc2)cn1. The summed E-state index contributed by atoms with van der Waals surface area (Å²) in [5.41, 5.74) is 6.63. The van der Waals surface area contributed by atoms with E-state index in [1.54, 1.807) is 0 Å². The molecule has 6 nitrogen and oxygen atoms in total. The van der Waals surface area contributed by atoms with E-state index in [2.05, 4.69) is 120 Å². The van der Waals surface area contributed by atoms with E-state index >= 15 is 0 Å². The lowest BCUT2D eigenvalue weighted by atomic mass is 9.77. The molecule has 8 aromatic carbocycles. The molecule has 1 heterocycles. The smallest absolute Gasteiger partial charge is 0.143 e. The quantitative estimate of drug-likeness (QED) is 0.0821. The number of aliphatic hydroxyl groups excluding tert-OH is 1. The van der Waals surface area contributed by atoms with Gasteiger partial charge in [0.05, 0.1) is 31.8 Å². The average Bonchev–Trinajstić information content (AvgIpc) is 3.88. The maximum atomic E-state index is 12.9. The Labute approximate surface area is 382 Å². The van der Waals surface area contributed by atoms with Gasteiger partial charge in [-0.1, -0.05) is 243 Å². The minimum atomic E-state index is -1.19. The van der Waals surface area contributed by atoms with Crippen LogP contribution in [-0.2, 0) is 38.6 Å². The zero-order chi connectivity index (χ0) is 44.2. The molecule has 0 saturated heterocycles. The van der Waals surface area contributed by atoms with Crippen LogP contribution in [0.1, 0.15) is 56.3 Å². The number of aromatic nitrogens is 2. The number of imidazole rings is 1. The summed E-state index contributed by atoms with van der Waals surface area (Å²) in [5, 5.41) is 12.9. The second-order valence-electron chi connectivity index (χ2n) is 16.2. The monoisotopic (exact) mass is 852 g/mol. The fraction of sp³-hybridized carbons (Fsp3) is 0.136. The molecule has 0 spiro atoms. The van der Waals surface area contributed by atoms with E-state index in [9.17, 15) is 5.11 Å². The first-order valence-corrected chi connectivity index (χ1v) is 22.2. The fourth-order valence-electron chi connectivity index (χ4n) is 9.00. The summed E-state index contributed by atoms with van der Waals surface area (Å²) >= 11 is 0.